The molecule has 0 unspecified atom stereocenters. The molecule has 1 amide bonds. The summed E-state index contributed by atoms with van der Waals surface area (Å²) in [7, 11) is 1.68. The maximum atomic E-state index is 10.6. The Kier molecular flexibility index (Phi) is 5.87. The number of carbonyl (C=O) groups is 1. The molecule has 2 rings (SSSR count). The number of nitrogens with zero attached hydrogens (tertiary/aromatic N) is 1. The molecule has 1 fully saturated rings. The van der Waals surface area contributed by atoms with Gasteiger partial charge in [-0.3, -0.25) is 0 Å². The van der Waals surface area contributed by atoms with E-state index in [4.69, 9.17) is 9.84 Å². The van der Waals surface area contributed by atoms with E-state index in [1.54, 1.807) is 7.11 Å². The van der Waals surface area contributed by atoms with Gasteiger partial charge in [-0.1, -0.05) is 12.1 Å². The van der Waals surface area contributed by atoms with Gasteiger partial charge < -0.3 is 20.1 Å². The number of benzene rings is 1. The number of rotatable bonds is 6. The van der Waals surface area contributed by atoms with Crippen LogP contribution in [0, 0.1) is 0 Å². The summed E-state index contributed by atoms with van der Waals surface area (Å²) in [5, 5.41) is 11.3. The van der Waals surface area contributed by atoms with Gasteiger partial charge in [0.1, 0.15) is 5.75 Å². The topological polar surface area (TPSA) is 61.8 Å². The van der Waals surface area contributed by atoms with Crippen LogP contribution in [0.4, 0.5) is 4.79 Å². The van der Waals surface area contributed by atoms with Crippen molar-refractivity contribution >= 4 is 6.09 Å². The molecule has 21 heavy (non-hydrogen) atoms. The number of nitrogens with one attached hydrogen (secondary N) is 1. The number of amides is 1. The summed E-state index contributed by atoms with van der Waals surface area (Å²) in [5.41, 5.74) is 1.33. The zero-order valence-corrected chi connectivity index (χ0v) is 12.5. The van der Waals surface area contributed by atoms with Crippen LogP contribution in [0.1, 0.15) is 24.8 Å². The van der Waals surface area contributed by atoms with Gasteiger partial charge in [-0.25, -0.2) is 4.79 Å². The van der Waals surface area contributed by atoms with Crippen molar-refractivity contribution in [3.05, 3.63) is 29.8 Å². The van der Waals surface area contributed by atoms with Gasteiger partial charge in [0.05, 0.1) is 7.11 Å². The van der Waals surface area contributed by atoms with Crippen LogP contribution in [-0.4, -0.2) is 48.9 Å². The highest BCUT2D eigenvalue weighted by Crippen LogP contribution is 2.14. The first kappa shape index (κ1) is 15.6. The number of ether oxygens (including phenoxy) is 1. The molecule has 1 aliphatic rings. The third kappa shape index (κ3) is 5.27. The van der Waals surface area contributed by atoms with E-state index >= 15 is 0 Å². The largest absolute Gasteiger partial charge is 0.497 e. The van der Waals surface area contributed by atoms with Crippen molar-refractivity contribution in [3.63, 3.8) is 0 Å². The van der Waals surface area contributed by atoms with Crippen LogP contribution in [0.25, 0.3) is 0 Å². The lowest BCUT2D eigenvalue weighted by atomic mass is 10.0. The Morgan fingerprint density at radius 1 is 1.33 bits per heavy atom. The molecule has 0 saturated carbocycles. The molecule has 1 aromatic carbocycles. The average molecular weight is 292 g/mol. The molecule has 1 saturated heterocycles. The van der Waals surface area contributed by atoms with E-state index in [0.717, 1.165) is 51.1 Å². The predicted octanol–water partition coefficient (Wildman–Crippen LogP) is 2.36. The predicted molar refractivity (Wildman–Crippen MR) is 81.9 cm³/mol. The SMILES string of the molecule is COc1ccc(CCCN2CCC(NC(=O)O)CC2)cc1. The lowest BCUT2D eigenvalue weighted by molar-refractivity contribution is 0.167. The molecular formula is C16H24N2O3. The van der Waals surface area contributed by atoms with E-state index in [2.05, 4.69) is 22.3 Å². The molecule has 0 bridgehead atoms. The fourth-order valence-corrected chi connectivity index (χ4v) is 2.77. The van der Waals surface area contributed by atoms with Crippen LogP contribution >= 0.6 is 0 Å². The van der Waals surface area contributed by atoms with Crippen molar-refractivity contribution in [2.75, 3.05) is 26.7 Å². The minimum Gasteiger partial charge on any atom is -0.497 e. The van der Waals surface area contributed by atoms with E-state index in [-0.39, 0.29) is 6.04 Å². The molecule has 0 atom stereocenters. The van der Waals surface area contributed by atoms with Crippen LogP contribution in [0.15, 0.2) is 24.3 Å². The van der Waals surface area contributed by atoms with Crippen LogP contribution in [-0.2, 0) is 6.42 Å². The molecule has 5 nitrogen and oxygen atoms in total. The molecule has 5 heteroatoms. The van der Waals surface area contributed by atoms with Gasteiger partial charge in [0, 0.05) is 19.1 Å². The Morgan fingerprint density at radius 3 is 2.57 bits per heavy atom. The summed E-state index contributed by atoms with van der Waals surface area (Å²) in [6.07, 6.45) is 3.11. The van der Waals surface area contributed by atoms with Crippen molar-refractivity contribution in [1.29, 1.82) is 0 Å². The molecule has 0 aliphatic carbocycles. The third-order valence-corrected chi connectivity index (χ3v) is 4.01. The summed E-state index contributed by atoms with van der Waals surface area (Å²) in [6.45, 7) is 3.03. The normalized spacial score (nSPS) is 16.6. The van der Waals surface area contributed by atoms with E-state index in [1.807, 2.05) is 12.1 Å². The fraction of sp³-hybridized carbons (Fsp3) is 0.562. The molecule has 116 valence electrons. The standard InChI is InChI=1S/C16H24N2O3/c1-21-15-6-4-13(5-7-15)3-2-10-18-11-8-14(9-12-18)17-16(19)20/h4-7,14,17H,2-3,8-12H2,1H3,(H,19,20). The van der Waals surface area contributed by atoms with E-state index < -0.39 is 6.09 Å². The number of aryl methyl sites for hydroxylation is 1. The smallest absolute Gasteiger partial charge is 0.404 e. The zero-order chi connectivity index (χ0) is 15.1. The van der Waals surface area contributed by atoms with Gasteiger partial charge in [0.2, 0.25) is 0 Å². The first-order valence-electron chi connectivity index (χ1n) is 7.52. The Labute approximate surface area is 125 Å². The summed E-state index contributed by atoms with van der Waals surface area (Å²) in [6, 6.07) is 8.35. The van der Waals surface area contributed by atoms with Gasteiger partial charge in [-0.2, -0.15) is 0 Å². The van der Waals surface area contributed by atoms with Crippen LogP contribution in [0.3, 0.4) is 0 Å². The van der Waals surface area contributed by atoms with E-state index in [1.165, 1.54) is 5.56 Å². The Hall–Kier alpha value is -1.75. The zero-order valence-electron chi connectivity index (χ0n) is 12.5. The molecule has 0 spiro atoms. The lowest BCUT2D eigenvalue weighted by Gasteiger charge is -2.31. The monoisotopic (exact) mass is 292 g/mol. The highest BCUT2D eigenvalue weighted by molar-refractivity contribution is 5.64. The Morgan fingerprint density at radius 2 is 2.00 bits per heavy atom. The molecule has 1 heterocycles. The maximum Gasteiger partial charge on any atom is 0.404 e. The minimum absolute atomic E-state index is 0.125. The van der Waals surface area contributed by atoms with Crippen LogP contribution in [0.5, 0.6) is 5.75 Å². The van der Waals surface area contributed by atoms with Gasteiger partial charge in [0.15, 0.2) is 0 Å². The van der Waals surface area contributed by atoms with Crippen molar-refractivity contribution in [1.82, 2.24) is 10.2 Å². The molecule has 0 radical (unpaired) electrons. The second-order valence-electron chi connectivity index (χ2n) is 5.52. The fourth-order valence-electron chi connectivity index (χ4n) is 2.77. The summed E-state index contributed by atoms with van der Waals surface area (Å²) in [5.74, 6) is 0.895. The van der Waals surface area contributed by atoms with E-state index in [9.17, 15) is 4.79 Å². The van der Waals surface area contributed by atoms with Gasteiger partial charge in [-0.05, 0) is 49.9 Å². The second-order valence-corrected chi connectivity index (χ2v) is 5.52. The summed E-state index contributed by atoms with van der Waals surface area (Å²) in [4.78, 5) is 13.0. The number of likely N-dealkylation sites (tertiary alicyclic amines) is 1. The highest BCUT2D eigenvalue weighted by Gasteiger charge is 2.19. The van der Waals surface area contributed by atoms with Crippen LogP contribution < -0.4 is 10.1 Å². The molecule has 1 aliphatic heterocycles. The number of hydrogen-bond donors (Lipinski definition) is 2. The maximum absolute atomic E-state index is 10.6. The summed E-state index contributed by atoms with van der Waals surface area (Å²) < 4.78 is 5.15. The van der Waals surface area contributed by atoms with Gasteiger partial charge in [-0.15, -0.1) is 0 Å². The molecule has 0 aromatic heterocycles. The van der Waals surface area contributed by atoms with Crippen molar-refractivity contribution in [2.45, 2.75) is 31.7 Å². The lowest BCUT2D eigenvalue weighted by Crippen LogP contribution is -2.44. The van der Waals surface area contributed by atoms with Crippen molar-refractivity contribution < 1.29 is 14.6 Å². The van der Waals surface area contributed by atoms with Gasteiger partial charge in [0.25, 0.3) is 0 Å². The number of piperidine rings is 1. The average Bonchev–Trinajstić information content (AvgIpc) is 2.49. The summed E-state index contributed by atoms with van der Waals surface area (Å²) >= 11 is 0. The molecule has 2 N–H and O–H groups in total. The number of hydrogen-bond acceptors (Lipinski definition) is 3. The molecule has 1 aromatic rings. The Balaban J connectivity index is 1.64. The van der Waals surface area contributed by atoms with Crippen molar-refractivity contribution in [2.24, 2.45) is 0 Å². The first-order valence-corrected chi connectivity index (χ1v) is 7.52. The minimum atomic E-state index is -0.909. The number of carboxylic acid groups (broad SMARTS) is 1. The van der Waals surface area contributed by atoms with Crippen molar-refractivity contribution in [3.8, 4) is 5.75 Å². The third-order valence-electron chi connectivity index (χ3n) is 4.01. The quantitative estimate of drug-likeness (QED) is 0.845. The van der Waals surface area contributed by atoms with Crippen LogP contribution in [0.2, 0.25) is 0 Å². The van der Waals surface area contributed by atoms with Gasteiger partial charge >= 0.3 is 6.09 Å². The number of methoxy groups -OCH3 is 1. The molecular weight excluding hydrogens is 268 g/mol. The Bertz CT molecular complexity index is 439. The second kappa shape index (κ2) is 7.88. The van der Waals surface area contributed by atoms with E-state index in [0.29, 0.717) is 0 Å². The first-order chi connectivity index (χ1) is 10.2. The highest BCUT2D eigenvalue weighted by atomic mass is 16.5.